The maximum absolute atomic E-state index is 11.2. The van der Waals surface area contributed by atoms with Crippen molar-refractivity contribution in [2.24, 2.45) is 0 Å². The van der Waals surface area contributed by atoms with E-state index in [0.29, 0.717) is 19.3 Å². The first-order valence-corrected chi connectivity index (χ1v) is 5.32. The average Bonchev–Trinajstić information content (AvgIpc) is 2.42. The number of likely N-dealkylation sites (tertiary alicyclic amines) is 1. The molecule has 0 saturated carbocycles. The summed E-state index contributed by atoms with van der Waals surface area (Å²) in [6, 6.07) is 0. The monoisotopic (exact) mass is 214 g/mol. The molecule has 1 atom stereocenters. The highest BCUT2D eigenvalue weighted by Gasteiger charge is 2.39. The second-order valence-corrected chi connectivity index (χ2v) is 3.94. The summed E-state index contributed by atoms with van der Waals surface area (Å²) in [5, 5.41) is 11.6. The second-order valence-electron chi connectivity index (χ2n) is 3.94. The molecule has 1 fully saturated rings. The second kappa shape index (κ2) is 5.11. The van der Waals surface area contributed by atoms with Crippen molar-refractivity contribution in [3.8, 4) is 0 Å². The SMILES string of the molecule is CCN1CCCC(NC=O)(C(=O)O)CC1. The number of nitrogens with zero attached hydrogens (tertiary/aromatic N) is 1. The molecule has 0 aromatic heterocycles. The van der Waals surface area contributed by atoms with Gasteiger partial charge in [-0.3, -0.25) is 4.79 Å². The molecule has 1 aliphatic rings. The van der Waals surface area contributed by atoms with Gasteiger partial charge in [0, 0.05) is 6.54 Å². The Bertz CT molecular complexity index is 245. The van der Waals surface area contributed by atoms with Gasteiger partial charge in [-0.1, -0.05) is 6.92 Å². The lowest BCUT2D eigenvalue weighted by Gasteiger charge is -2.27. The molecular weight excluding hydrogens is 196 g/mol. The predicted molar refractivity (Wildman–Crippen MR) is 55.5 cm³/mol. The fourth-order valence-corrected chi connectivity index (χ4v) is 2.04. The summed E-state index contributed by atoms with van der Waals surface area (Å²) < 4.78 is 0. The van der Waals surface area contributed by atoms with Gasteiger partial charge in [-0.05, 0) is 32.4 Å². The molecule has 0 aromatic rings. The van der Waals surface area contributed by atoms with E-state index in [-0.39, 0.29) is 0 Å². The van der Waals surface area contributed by atoms with E-state index >= 15 is 0 Å². The molecule has 0 radical (unpaired) electrons. The van der Waals surface area contributed by atoms with Gasteiger partial charge in [-0.25, -0.2) is 4.79 Å². The van der Waals surface area contributed by atoms with Crippen molar-refractivity contribution in [3.63, 3.8) is 0 Å². The molecule has 5 nitrogen and oxygen atoms in total. The van der Waals surface area contributed by atoms with Gasteiger partial charge >= 0.3 is 5.97 Å². The predicted octanol–water partition coefficient (Wildman–Crippen LogP) is 0.0616. The normalized spacial score (nSPS) is 28.1. The quantitative estimate of drug-likeness (QED) is 0.649. The van der Waals surface area contributed by atoms with E-state index in [0.717, 1.165) is 26.1 Å². The Morgan fingerprint density at radius 1 is 1.53 bits per heavy atom. The van der Waals surface area contributed by atoms with E-state index in [4.69, 9.17) is 5.11 Å². The number of carboxylic acid groups (broad SMARTS) is 1. The number of hydrogen-bond donors (Lipinski definition) is 2. The molecule has 1 amide bonds. The van der Waals surface area contributed by atoms with Crippen LogP contribution in [0, 0.1) is 0 Å². The number of rotatable bonds is 4. The fourth-order valence-electron chi connectivity index (χ4n) is 2.04. The summed E-state index contributed by atoms with van der Waals surface area (Å²) in [6.45, 7) is 4.62. The molecule has 0 aromatic carbocycles. The molecule has 15 heavy (non-hydrogen) atoms. The van der Waals surface area contributed by atoms with Crippen molar-refractivity contribution in [2.75, 3.05) is 19.6 Å². The number of carbonyl (C=O) groups excluding carboxylic acids is 1. The van der Waals surface area contributed by atoms with E-state index in [2.05, 4.69) is 17.1 Å². The summed E-state index contributed by atoms with van der Waals surface area (Å²) in [4.78, 5) is 23.8. The lowest BCUT2D eigenvalue weighted by Crippen LogP contribution is -2.52. The van der Waals surface area contributed by atoms with E-state index < -0.39 is 11.5 Å². The van der Waals surface area contributed by atoms with E-state index in [1.807, 2.05) is 0 Å². The molecular formula is C10H18N2O3. The van der Waals surface area contributed by atoms with Crippen molar-refractivity contribution in [1.82, 2.24) is 10.2 Å². The van der Waals surface area contributed by atoms with Gasteiger partial charge in [-0.2, -0.15) is 0 Å². The molecule has 5 heteroatoms. The molecule has 1 aliphatic heterocycles. The van der Waals surface area contributed by atoms with Gasteiger partial charge in [0.2, 0.25) is 6.41 Å². The van der Waals surface area contributed by atoms with Crippen molar-refractivity contribution >= 4 is 12.4 Å². The van der Waals surface area contributed by atoms with Crippen LogP contribution in [0.25, 0.3) is 0 Å². The Balaban J connectivity index is 2.72. The standard InChI is InChI=1S/C10H18N2O3/c1-2-12-6-3-4-10(5-7-12,9(14)15)11-8-13/h8H,2-7H2,1H3,(H,11,13)(H,14,15). The molecule has 1 unspecified atom stereocenters. The Labute approximate surface area is 89.4 Å². The topological polar surface area (TPSA) is 69.6 Å². The first-order valence-electron chi connectivity index (χ1n) is 5.32. The zero-order chi connectivity index (χ0) is 11.3. The molecule has 1 rings (SSSR count). The van der Waals surface area contributed by atoms with Gasteiger partial charge in [0.05, 0.1) is 0 Å². The van der Waals surface area contributed by atoms with Gasteiger partial charge in [0.25, 0.3) is 0 Å². The number of nitrogens with one attached hydrogen (secondary N) is 1. The third-order valence-electron chi connectivity index (χ3n) is 3.12. The van der Waals surface area contributed by atoms with Crippen LogP contribution >= 0.6 is 0 Å². The van der Waals surface area contributed by atoms with E-state index in [1.54, 1.807) is 0 Å². The van der Waals surface area contributed by atoms with Crippen LogP contribution in [0.3, 0.4) is 0 Å². The highest BCUT2D eigenvalue weighted by molar-refractivity contribution is 5.81. The Kier molecular flexibility index (Phi) is 4.08. The van der Waals surface area contributed by atoms with Crippen LogP contribution in [0.5, 0.6) is 0 Å². The van der Waals surface area contributed by atoms with Gasteiger partial charge in [0.15, 0.2) is 0 Å². The summed E-state index contributed by atoms with van der Waals surface area (Å²) in [7, 11) is 0. The minimum Gasteiger partial charge on any atom is -0.480 e. The van der Waals surface area contributed by atoms with Crippen molar-refractivity contribution < 1.29 is 14.7 Å². The van der Waals surface area contributed by atoms with E-state index in [1.165, 1.54) is 0 Å². The number of carboxylic acids is 1. The third-order valence-corrected chi connectivity index (χ3v) is 3.12. The first kappa shape index (κ1) is 12.0. The summed E-state index contributed by atoms with van der Waals surface area (Å²) >= 11 is 0. The average molecular weight is 214 g/mol. The number of carbonyl (C=O) groups is 2. The lowest BCUT2D eigenvalue weighted by atomic mass is 9.91. The number of hydrogen-bond acceptors (Lipinski definition) is 3. The smallest absolute Gasteiger partial charge is 0.329 e. The number of aliphatic carboxylic acids is 1. The Hall–Kier alpha value is -1.10. The maximum atomic E-state index is 11.2. The van der Waals surface area contributed by atoms with Crippen LogP contribution in [0.2, 0.25) is 0 Å². The fraction of sp³-hybridized carbons (Fsp3) is 0.800. The van der Waals surface area contributed by atoms with Crippen LogP contribution in [-0.2, 0) is 9.59 Å². The van der Waals surface area contributed by atoms with Crippen molar-refractivity contribution in [2.45, 2.75) is 31.7 Å². The zero-order valence-corrected chi connectivity index (χ0v) is 9.03. The lowest BCUT2D eigenvalue weighted by molar-refractivity contribution is -0.146. The largest absolute Gasteiger partial charge is 0.480 e. The highest BCUT2D eigenvalue weighted by Crippen LogP contribution is 2.22. The summed E-state index contributed by atoms with van der Waals surface area (Å²) in [5.74, 6) is -0.924. The van der Waals surface area contributed by atoms with Crippen LogP contribution in [0.4, 0.5) is 0 Å². The molecule has 0 bridgehead atoms. The molecule has 86 valence electrons. The maximum Gasteiger partial charge on any atom is 0.329 e. The minimum atomic E-state index is -1.05. The Morgan fingerprint density at radius 2 is 2.27 bits per heavy atom. The molecule has 0 aliphatic carbocycles. The summed E-state index contributed by atoms with van der Waals surface area (Å²) in [5.41, 5.74) is -1.05. The molecule has 0 spiro atoms. The van der Waals surface area contributed by atoms with E-state index in [9.17, 15) is 9.59 Å². The van der Waals surface area contributed by atoms with Crippen LogP contribution in [0.15, 0.2) is 0 Å². The third kappa shape index (κ3) is 2.68. The van der Waals surface area contributed by atoms with Gasteiger partial charge < -0.3 is 15.3 Å². The molecule has 1 heterocycles. The van der Waals surface area contributed by atoms with Crippen molar-refractivity contribution in [1.29, 1.82) is 0 Å². The minimum absolute atomic E-state index is 0.481. The van der Waals surface area contributed by atoms with Crippen LogP contribution in [0.1, 0.15) is 26.2 Å². The Morgan fingerprint density at radius 3 is 2.80 bits per heavy atom. The van der Waals surface area contributed by atoms with Crippen LogP contribution in [-0.4, -0.2) is 47.6 Å². The molecule has 2 N–H and O–H groups in total. The summed E-state index contributed by atoms with van der Waals surface area (Å²) in [6.07, 6.45) is 2.29. The first-order chi connectivity index (χ1) is 7.14. The van der Waals surface area contributed by atoms with Gasteiger partial charge in [-0.15, -0.1) is 0 Å². The van der Waals surface area contributed by atoms with Crippen LogP contribution < -0.4 is 5.32 Å². The van der Waals surface area contributed by atoms with Crippen molar-refractivity contribution in [3.05, 3.63) is 0 Å². The number of amides is 1. The van der Waals surface area contributed by atoms with Gasteiger partial charge in [0.1, 0.15) is 5.54 Å². The highest BCUT2D eigenvalue weighted by atomic mass is 16.4. The molecule has 1 saturated heterocycles. The zero-order valence-electron chi connectivity index (χ0n) is 9.03.